The van der Waals surface area contributed by atoms with Gasteiger partial charge < -0.3 is 10.1 Å². The van der Waals surface area contributed by atoms with Crippen molar-refractivity contribution in [2.75, 3.05) is 19.8 Å². The van der Waals surface area contributed by atoms with E-state index in [4.69, 9.17) is 4.74 Å². The summed E-state index contributed by atoms with van der Waals surface area (Å²) in [6.45, 7) is 7.37. The normalized spacial score (nSPS) is 12.3. The van der Waals surface area contributed by atoms with Gasteiger partial charge in [-0.3, -0.25) is 0 Å². The van der Waals surface area contributed by atoms with Gasteiger partial charge in [0.1, 0.15) is 11.6 Å². The number of aromatic nitrogens is 1. The molecule has 3 nitrogen and oxygen atoms in total. The van der Waals surface area contributed by atoms with E-state index in [-0.39, 0.29) is 5.41 Å². The molecule has 6 heteroatoms. The van der Waals surface area contributed by atoms with Crippen LogP contribution in [0.3, 0.4) is 0 Å². The van der Waals surface area contributed by atoms with Crippen LogP contribution in [0.15, 0.2) is 5.38 Å². The maximum absolute atomic E-state index is 11.8. The molecule has 18 heavy (non-hydrogen) atoms. The largest absolute Gasteiger partial charge is 0.374 e. The van der Waals surface area contributed by atoms with Crippen molar-refractivity contribution >= 4 is 11.3 Å². The molecule has 104 valence electrons. The van der Waals surface area contributed by atoms with Gasteiger partial charge in [-0.1, -0.05) is 20.8 Å². The van der Waals surface area contributed by atoms with Crippen LogP contribution in [0.2, 0.25) is 0 Å². The molecular weight excluding hydrogens is 258 g/mol. The van der Waals surface area contributed by atoms with E-state index in [0.717, 1.165) is 10.7 Å². The van der Waals surface area contributed by atoms with Crippen molar-refractivity contribution in [3.05, 3.63) is 16.1 Å². The fourth-order valence-electron chi connectivity index (χ4n) is 1.25. The molecule has 0 aliphatic rings. The highest BCUT2D eigenvalue weighted by atomic mass is 32.1. The highest BCUT2D eigenvalue weighted by Gasteiger charge is 2.16. The molecule has 1 aromatic rings. The third-order valence-electron chi connectivity index (χ3n) is 2.26. The van der Waals surface area contributed by atoms with E-state index < -0.39 is 13.0 Å². The summed E-state index contributed by atoms with van der Waals surface area (Å²) in [5.74, 6) is 0. The number of nitrogens with one attached hydrogen (secondary N) is 1. The van der Waals surface area contributed by atoms with Crippen LogP contribution in [-0.2, 0) is 16.7 Å². The SMILES string of the molecule is CC(C)(C)c1csc(CNCCOCC(F)F)n1. The van der Waals surface area contributed by atoms with Crippen molar-refractivity contribution in [1.29, 1.82) is 0 Å². The summed E-state index contributed by atoms with van der Waals surface area (Å²) in [5, 5.41) is 6.19. The Labute approximate surface area is 111 Å². The average Bonchev–Trinajstić information content (AvgIpc) is 2.71. The van der Waals surface area contributed by atoms with Crippen molar-refractivity contribution in [1.82, 2.24) is 10.3 Å². The Balaban J connectivity index is 2.18. The van der Waals surface area contributed by atoms with Crippen LogP contribution in [-0.4, -0.2) is 31.2 Å². The minimum absolute atomic E-state index is 0.0646. The molecule has 0 bridgehead atoms. The lowest BCUT2D eigenvalue weighted by Gasteiger charge is -2.14. The number of hydrogen-bond donors (Lipinski definition) is 1. The van der Waals surface area contributed by atoms with Gasteiger partial charge in [0.2, 0.25) is 0 Å². The van der Waals surface area contributed by atoms with E-state index in [9.17, 15) is 8.78 Å². The maximum atomic E-state index is 11.8. The van der Waals surface area contributed by atoms with Crippen molar-refractivity contribution < 1.29 is 13.5 Å². The Bertz CT molecular complexity index is 350. The Kier molecular flexibility index (Phi) is 6.11. The quantitative estimate of drug-likeness (QED) is 0.779. The lowest BCUT2D eigenvalue weighted by atomic mass is 9.93. The first-order valence-electron chi connectivity index (χ1n) is 5.91. The molecule has 0 atom stereocenters. The molecule has 0 amide bonds. The van der Waals surface area contributed by atoms with E-state index in [1.807, 2.05) is 0 Å². The second kappa shape index (κ2) is 7.11. The highest BCUT2D eigenvalue weighted by Crippen LogP contribution is 2.23. The monoisotopic (exact) mass is 278 g/mol. The fourth-order valence-corrected chi connectivity index (χ4v) is 2.24. The van der Waals surface area contributed by atoms with Gasteiger partial charge >= 0.3 is 0 Å². The number of alkyl halides is 2. The summed E-state index contributed by atoms with van der Waals surface area (Å²) in [5.41, 5.74) is 1.15. The van der Waals surface area contributed by atoms with E-state index in [1.165, 1.54) is 0 Å². The summed E-state index contributed by atoms with van der Waals surface area (Å²) >= 11 is 1.61. The number of thiazole rings is 1. The van der Waals surface area contributed by atoms with Gasteiger partial charge in [-0.25, -0.2) is 13.8 Å². The molecular formula is C12H20F2N2OS. The average molecular weight is 278 g/mol. The molecule has 0 saturated carbocycles. The van der Waals surface area contributed by atoms with Gasteiger partial charge in [-0.05, 0) is 0 Å². The molecule has 1 aromatic heterocycles. The van der Waals surface area contributed by atoms with E-state index in [0.29, 0.717) is 19.7 Å². The second-order valence-corrected chi connectivity index (χ2v) is 5.96. The Morgan fingerprint density at radius 1 is 1.44 bits per heavy atom. The molecule has 0 unspecified atom stereocenters. The summed E-state index contributed by atoms with van der Waals surface area (Å²) in [6, 6.07) is 0. The zero-order valence-electron chi connectivity index (χ0n) is 11.0. The molecule has 0 spiro atoms. The lowest BCUT2D eigenvalue weighted by Crippen LogP contribution is -2.20. The number of ether oxygens (including phenoxy) is 1. The van der Waals surface area contributed by atoms with Crippen molar-refractivity contribution in [2.24, 2.45) is 0 Å². The molecule has 0 aliphatic heterocycles. The minimum Gasteiger partial charge on any atom is -0.374 e. The molecule has 0 aliphatic carbocycles. The van der Waals surface area contributed by atoms with Crippen LogP contribution in [0.5, 0.6) is 0 Å². The fraction of sp³-hybridized carbons (Fsp3) is 0.750. The number of nitrogens with zero attached hydrogens (tertiary/aromatic N) is 1. The van der Waals surface area contributed by atoms with E-state index in [2.05, 4.69) is 36.5 Å². The summed E-state index contributed by atoms with van der Waals surface area (Å²) in [6.07, 6.45) is -2.39. The van der Waals surface area contributed by atoms with E-state index >= 15 is 0 Å². The highest BCUT2D eigenvalue weighted by molar-refractivity contribution is 7.09. The van der Waals surface area contributed by atoms with Gasteiger partial charge in [-0.2, -0.15) is 0 Å². The van der Waals surface area contributed by atoms with Gasteiger partial charge in [0, 0.05) is 23.9 Å². The predicted molar refractivity (Wildman–Crippen MR) is 69.3 cm³/mol. The summed E-state index contributed by atoms with van der Waals surface area (Å²) in [7, 11) is 0. The topological polar surface area (TPSA) is 34.1 Å². The van der Waals surface area contributed by atoms with Crippen LogP contribution in [0, 0.1) is 0 Å². The Morgan fingerprint density at radius 3 is 2.72 bits per heavy atom. The first kappa shape index (κ1) is 15.5. The van der Waals surface area contributed by atoms with Crippen molar-refractivity contribution in [3.63, 3.8) is 0 Å². The van der Waals surface area contributed by atoms with Gasteiger partial charge in [0.25, 0.3) is 6.43 Å². The zero-order chi connectivity index (χ0) is 13.6. The summed E-state index contributed by atoms with van der Waals surface area (Å²) < 4.78 is 28.3. The number of rotatable bonds is 7. The first-order valence-corrected chi connectivity index (χ1v) is 6.79. The zero-order valence-corrected chi connectivity index (χ0v) is 11.8. The van der Waals surface area contributed by atoms with Gasteiger partial charge in [-0.15, -0.1) is 11.3 Å². The molecule has 0 fully saturated rings. The molecule has 1 heterocycles. The van der Waals surface area contributed by atoms with Crippen LogP contribution >= 0.6 is 11.3 Å². The van der Waals surface area contributed by atoms with Gasteiger partial charge in [0.05, 0.1) is 12.3 Å². The molecule has 0 saturated heterocycles. The van der Waals surface area contributed by atoms with Crippen LogP contribution in [0.25, 0.3) is 0 Å². The number of hydrogen-bond acceptors (Lipinski definition) is 4. The van der Waals surface area contributed by atoms with E-state index in [1.54, 1.807) is 11.3 Å². The molecule has 0 radical (unpaired) electrons. The first-order chi connectivity index (χ1) is 8.39. The maximum Gasteiger partial charge on any atom is 0.261 e. The second-order valence-electron chi connectivity index (χ2n) is 5.02. The predicted octanol–water partition coefficient (Wildman–Crippen LogP) is 2.81. The molecule has 1 N–H and O–H groups in total. The Morgan fingerprint density at radius 2 is 2.17 bits per heavy atom. The molecule has 1 rings (SSSR count). The van der Waals surface area contributed by atoms with Gasteiger partial charge in [0.15, 0.2) is 0 Å². The summed E-state index contributed by atoms with van der Waals surface area (Å²) in [4.78, 5) is 4.52. The van der Waals surface area contributed by atoms with Crippen LogP contribution < -0.4 is 5.32 Å². The van der Waals surface area contributed by atoms with Crippen LogP contribution in [0.1, 0.15) is 31.5 Å². The lowest BCUT2D eigenvalue weighted by molar-refractivity contribution is 0.0187. The van der Waals surface area contributed by atoms with Crippen molar-refractivity contribution in [2.45, 2.75) is 39.2 Å². The third kappa shape index (κ3) is 5.84. The van der Waals surface area contributed by atoms with Crippen LogP contribution in [0.4, 0.5) is 8.78 Å². The standard InChI is InChI=1S/C12H20F2N2OS/c1-12(2,3)9-8-18-11(16-9)6-15-4-5-17-7-10(13)14/h8,10,15H,4-7H2,1-3H3. The molecule has 0 aromatic carbocycles. The Hall–Kier alpha value is -0.590. The third-order valence-corrected chi connectivity index (χ3v) is 3.11. The number of halogens is 2. The van der Waals surface area contributed by atoms with Crippen molar-refractivity contribution in [3.8, 4) is 0 Å². The minimum atomic E-state index is -2.39. The smallest absolute Gasteiger partial charge is 0.261 e.